The van der Waals surface area contributed by atoms with E-state index in [1.807, 2.05) is 44.4 Å². The summed E-state index contributed by atoms with van der Waals surface area (Å²) in [7, 11) is 1.91. The molecule has 1 unspecified atom stereocenters. The fraction of sp³-hybridized carbons (Fsp3) is 0.286. The van der Waals surface area contributed by atoms with Crippen LogP contribution in [0.25, 0.3) is 0 Å². The Balaban J connectivity index is 2.14. The minimum atomic E-state index is 0.181. The van der Waals surface area contributed by atoms with Crippen LogP contribution in [0.1, 0.15) is 29.8 Å². The van der Waals surface area contributed by atoms with Crippen LogP contribution in [0.5, 0.6) is 0 Å². The third-order valence-corrected chi connectivity index (χ3v) is 2.93. The van der Waals surface area contributed by atoms with E-state index in [1.165, 1.54) is 0 Å². The van der Waals surface area contributed by atoms with Crippen molar-refractivity contribution in [2.45, 2.75) is 19.9 Å². The van der Waals surface area contributed by atoms with Crippen molar-refractivity contribution < 1.29 is 0 Å². The molecule has 0 bridgehead atoms. The number of anilines is 1. The van der Waals surface area contributed by atoms with Gasteiger partial charge in [-0.25, -0.2) is 0 Å². The number of nitriles is 1. The molecule has 0 aliphatic carbocycles. The van der Waals surface area contributed by atoms with Crippen LogP contribution in [-0.4, -0.2) is 9.78 Å². The van der Waals surface area contributed by atoms with Gasteiger partial charge in [0, 0.05) is 19.3 Å². The molecule has 18 heavy (non-hydrogen) atoms. The van der Waals surface area contributed by atoms with E-state index in [4.69, 9.17) is 5.26 Å². The summed E-state index contributed by atoms with van der Waals surface area (Å²) in [6, 6.07) is 9.92. The van der Waals surface area contributed by atoms with Gasteiger partial charge in [0.05, 0.1) is 23.0 Å². The van der Waals surface area contributed by atoms with E-state index in [9.17, 15) is 0 Å². The lowest BCUT2D eigenvalue weighted by atomic mass is 10.1. The standard InChI is InChI=1S/C14H16N4/c1-10(13-6-4-12(8-15)5-7-13)16-14-9-18(3)17-11(14)2/h4-7,9-10,16H,1-3H3. The highest BCUT2D eigenvalue weighted by atomic mass is 15.3. The van der Waals surface area contributed by atoms with E-state index in [0.717, 1.165) is 16.9 Å². The van der Waals surface area contributed by atoms with Crippen molar-refractivity contribution in [2.24, 2.45) is 7.05 Å². The molecule has 0 aliphatic heterocycles. The molecule has 1 atom stereocenters. The Hall–Kier alpha value is -2.28. The molecular weight excluding hydrogens is 224 g/mol. The molecule has 0 aliphatic rings. The smallest absolute Gasteiger partial charge is 0.0991 e. The Morgan fingerprint density at radius 3 is 2.50 bits per heavy atom. The number of benzene rings is 1. The molecule has 4 heteroatoms. The summed E-state index contributed by atoms with van der Waals surface area (Å²) in [6.45, 7) is 4.07. The van der Waals surface area contributed by atoms with E-state index < -0.39 is 0 Å². The van der Waals surface area contributed by atoms with Gasteiger partial charge in [0.1, 0.15) is 0 Å². The average molecular weight is 240 g/mol. The van der Waals surface area contributed by atoms with Crippen molar-refractivity contribution in [3.05, 3.63) is 47.3 Å². The number of nitrogens with zero attached hydrogens (tertiary/aromatic N) is 3. The van der Waals surface area contributed by atoms with Gasteiger partial charge in [0.15, 0.2) is 0 Å². The van der Waals surface area contributed by atoms with Gasteiger partial charge in [-0.05, 0) is 31.5 Å². The number of hydrogen-bond acceptors (Lipinski definition) is 3. The third-order valence-electron chi connectivity index (χ3n) is 2.93. The Kier molecular flexibility index (Phi) is 3.33. The van der Waals surface area contributed by atoms with Crippen LogP contribution < -0.4 is 5.32 Å². The molecule has 2 aromatic rings. The van der Waals surface area contributed by atoms with Crippen molar-refractivity contribution >= 4 is 5.69 Å². The van der Waals surface area contributed by atoms with Gasteiger partial charge in [-0.2, -0.15) is 10.4 Å². The molecule has 0 spiro atoms. The zero-order chi connectivity index (χ0) is 13.1. The fourth-order valence-corrected chi connectivity index (χ4v) is 1.90. The Morgan fingerprint density at radius 2 is 2.00 bits per heavy atom. The quantitative estimate of drug-likeness (QED) is 0.897. The number of hydrogen-bond donors (Lipinski definition) is 1. The van der Waals surface area contributed by atoms with Crippen LogP contribution in [0, 0.1) is 18.3 Å². The van der Waals surface area contributed by atoms with Gasteiger partial charge in [0.25, 0.3) is 0 Å². The van der Waals surface area contributed by atoms with Crippen molar-refractivity contribution in [3.8, 4) is 6.07 Å². The number of rotatable bonds is 3. The van der Waals surface area contributed by atoms with Crippen molar-refractivity contribution in [3.63, 3.8) is 0 Å². The molecule has 1 aromatic heterocycles. The molecule has 0 radical (unpaired) electrons. The lowest BCUT2D eigenvalue weighted by Crippen LogP contribution is -2.06. The molecule has 1 heterocycles. The first kappa shape index (κ1) is 12.2. The maximum atomic E-state index is 8.76. The molecule has 0 amide bonds. The first-order valence-electron chi connectivity index (χ1n) is 5.87. The molecule has 1 aromatic carbocycles. The average Bonchev–Trinajstić information content (AvgIpc) is 2.68. The largest absolute Gasteiger partial charge is 0.376 e. The minimum Gasteiger partial charge on any atom is -0.376 e. The van der Waals surface area contributed by atoms with Crippen LogP contribution >= 0.6 is 0 Å². The van der Waals surface area contributed by atoms with Gasteiger partial charge in [0.2, 0.25) is 0 Å². The summed E-state index contributed by atoms with van der Waals surface area (Å²) in [6.07, 6.45) is 1.97. The summed E-state index contributed by atoms with van der Waals surface area (Å²) in [5.41, 5.74) is 3.85. The van der Waals surface area contributed by atoms with Gasteiger partial charge in [-0.15, -0.1) is 0 Å². The normalized spacial score (nSPS) is 11.9. The predicted octanol–water partition coefficient (Wildman–Crippen LogP) is 2.77. The van der Waals surface area contributed by atoms with Crippen LogP contribution in [0.3, 0.4) is 0 Å². The highest BCUT2D eigenvalue weighted by Gasteiger charge is 2.09. The van der Waals surface area contributed by atoms with Gasteiger partial charge in [-0.3, -0.25) is 4.68 Å². The number of aromatic nitrogens is 2. The zero-order valence-corrected chi connectivity index (χ0v) is 10.8. The van der Waals surface area contributed by atoms with Gasteiger partial charge >= 0.3 is 0 Å². The maximum Gasteiger partial charge on any atom is 0.0991 e. The maximum absolute atomic E-state index is 8.76. The Labute approximate surface area is 107 Å². The van der Waals surface area contributed by atoms with E-state index in [-0.39, 0.29) is 6.04 Å². The molecule has 4 nitrogen and oxygen atoms in total. The lowest BCUT2D eigenvalue weighted by molar-refractivity contribution is 0.756. The van der Waals surface area contributed by atoms with E-state index in [2.05, 4.69) is 23.4 Å². The Bertz CT molecular complexity index is 575. The van der Waals surface area contributed by atoms with Crippen molar-refractivity contribution in [1.82, 2.24) is 9.78 Å². The molecular formula is C14H16N4. The van der Waals surface area contributed by atoms with Gasteiger partial charge in [-0.1, -0.05) is 12.1 Å². The first-order chi connectivity index (χ1) is 8.60. The third kappa shape index (κ3) is 2.51. The first-order valence-corrected chi connectivity index (χ1v) is 5.87. The topological polar surface area (TPSA) is 53.6 Å². The highest BCUT2D eigenvalue weighted by molar-refractivity contribution is 5.48. The molecule has 0 fully saturated rings. The van der Waals surface area contributed by atoms with Crippen molar-refractivity contribution in [1.29, 1.82) is 5.26 Å². The summed E-state index contributed by atoms with van der Waals surface area (Å²) in [5, 5.41) is 16.5. The van der Waals surface area contributed by atoms with E-state index >= 15 is 0 Å². The summed E-state index contributed by atoms with van der Waals surface area (Å²) < 4.78 is 1.79. The SMILES string of the molecule is Cc1nn(C)cc1NC(C)c1ccc(C#N)cc1. The van der Waals surface area contributed by atoms with E-state index in [1.54, 1.807) is 4.68 Å². The molecule has 2 rings (SSSR count). The summed E-state index contributed by atoms with van der Waals surface area (Å²) >= 11 is 0. The van der Waals surface area contributed by atoms with Gasteiger partial charge < -0.3 is 5.32 Å². The molecule has 0 saturated carbocycles. The lowest BCUT2D eigenvalue weighted by Gasteiger charge is -2.14. The minimum absolute atomic E-state index is 0.181. The second-order valence-electron chi connectivity index (χ2n) is 4.40. The number of aryl methyl sites for hydroxylation is 2. The van der Waals surface area contributed by atoms with Crippen molar-refractivity contribution in [2.75, 3.05) is 5.32 Å². The second-order valence-corrected chi connectivity index (χ2v) is 4.40. The van der Waals surface area contributed by atoms with Crippen LogP contribution in [0.2, 0.25) is 0 Å². The van der Waals surface area contributed by atoms with Crippen LogP contribution in [0.15, 0.2) is 30.5 Å². The molecule has 1 N–H and O–H groups in total. The number of nitrogens with one attached hydrogen (secondary N) is 1. The highest BCUT2D eigenvalue weighted by Crippen LogP contribution is 2.21. The van der Waals surface area contributed by atoms with Crippen LogP contribution in [0.4, 0.5) is 5.69 Å². The summed E-state index contributed by atoms with van der Waals surface area (Å²) in [5.74, 6) is 0. The fourth-order valence-electron chi connectivity index (χ4n) is 1.90. The summed E-state index contributed by atoms with van der Waals surface area (Å²) in [4.78, 5) is 0. The monoisotopic (exact) mass is 240 g/mol. The predicted molar refractivity (Wildman–Crippen MR) is 71.1 cm³/mol. The molecule has 0 saturated heterocycles. The Morgan fingerprint density at radius 1 is 1.33 bits per heavy atom. The zero-order valence-electron chi connectivity index (χ0n) is 10.8. The van der Waals surface area contributed by atoms with Crippen LogP contribution in [-0.2, 0) is 7.05 Å². The molecule has 92 valence electrons. The van der Waals surface area contributed by atoms with E-state index in [0.29, 0.717) is 5.56 Å². The second kappa shape index (κ2) is 4.92.